The van der Waals surface area contributed by atoms with Gasteiger partial charge in [-0.3, -0.25) is 0 Å². The van der Waals surface area contributed by atoms with Crippen molar-refractivity contribution in [2.24, 2.45) is 11.8 Å². The van der Waals surface area contributed by atoms with Gasteiger partial charge in [0.2, 0.25) is 0 Å². The molecule has 0 heterocycles. The summed E-state index contributed by atoms with van der Waals surface area (Å²) >= 11 is 0. The van der Waals surface area contributed by atoms with Crippen LogP contribution in [0.15, 0.2) is 18.2 Å². The Balaban J connectivity index is 3.04. The van der Waals surface area contributed by atoms with E-state index >= 15 is 0 Å². The maximum Gasteiger partial charge on any atom is 0.0351 e. The molecule has 1 rings (SSSR count). The van der Waals surface area contributed by atoms with E-state index in [1.165, 1.54) is 23.1 Å². The van der Waals surface area contributed by atoms with Crippen molar-refractivity contribution in [2.75, 3.05) is 6.54 Å². The largest absolute Gasteiger partial charge is 0.310 e. The molecule has 0 bridgehead atoms. The van der Waals surface area contributed by atoms with Gasteiger partial charge >= 0.3 is 0 Å². The molecular weight excluding hydrogens is 218 g/mol. The van der Waals surface area contributed by atoms with E-state index in [1.54, 1.807) is 0 Å². The summed E-state index contributed by atoms with van der Waals surface area (Å²) in [5, 5.41) is 3.73. The van der Waals surface area contributed by atoms with Crippen LogP contribution in [0, 0.1) is 25.7 Å². The van der Waals surface area contributed by atoms with Gasteiger partial charge < -0.3 is 5.32 Å². The Labute approximate surface area is 113 Å². The molecule has 18 heavy (non-hydrogen) atoms. The summed E-state index contributed by atoms with van der Waals surface area (Å²) in [4.78, 5) is 0. The lowest BCUT2D eigenvalue weighted by Gasteiger charge is -2.30. The molecule has 0 aromatic heterocycles. The second-order valence-electron chi connectivity index (χ2n) is 5.89. The molecule has 0 aliphatic heterocycles. The zero-order valence-electron chi connectivity index (χ0n) is 12.9. The quantitative estimate of drug-likeness (QED) is 0.772. The van der Waals surface area contributed by atoms with Crippen molar-refractivity contribution in [3.63, 3.8) is 0 Å². The van der Waals surface area contributed by atoms with E-state index in [4.69, 9.17) is 0 Å². The van der Waals surface area contributed by atoms with Crippen LogP contribution >= 0.6 is 0 Å². The van der Waals surface area contributed by atoms with E-state index in [2.05, 4.69) is 65.1 Å². The Morgan fingerprint density at radius 2 is 1.78 bits per heavy atom. The molecule has 0 aliphatic rings. The smallest absolute Gasteiger partial charge is 0.0351 e. The molecule has 0 fully saturated rings. The van der Waals surface area contributed by atoms with Crippen LogP contribution in [-0.2, 0) is 0 Å². The van der Waals surface area contributed by atoms with Crippen LogP contribution in [-0.4, -0.2) is 6.54 Å². The van der Waals surface area contributed by atoms with Crippen LogP contribution in [0.5, 0.6) is 0 Å². The Kier molecular flexibility index (Phi) is 5.87. The fourth-order valence-corrected chi connectivity index (χ4v) is 2.36. The number of aryl methyl sites for hydroxylation is 2. The highest BCUT2D eigenvalue weighted by molar-refractivity contribution is 5.33. The van der Waals surface area contributed by atoms with Crippen LogP contribution in [0.1, 0.15) is 56.8 Å². The van der Waals surface area contributed by atoms with Crippen molar-refractivity contribution in [2.45, 2.75) is 54.0 Å². The number of hydrogen-bond donors (Lipinski definition) is 1. The molecule has 1 N–H and O–H groups in total. The van der Waals surface area contributed by atoms with Crippen LogP contribution in [0.3, 0.4) is 0 Å². The highest BCUT2D eigenvalue weighted by atomic mass is 14.9. The first kappa shape index (κ1) is 15.2. The first-order valence-electron chi connectivity index (χ1n) is 7.27. The average Bonchev–Trinajstić information content (AvgIpc) is 2.33. The maximum absolute atomic E-state index is 3.73. The van der Waals surface area contributed by atoms with E-state index in [1.807, 2.05) is 0 Å². The van der Waals surface area contributed by atoms with Crippen molar-refractivity contribution >= 4 is 0 Å². The molecule has 102 valence electrons. The molecular formula is C17H29N. The molecule has 0 saturated heterocycles. The Morgan fingerprint density at radius 3 is 2.33 bits per heavy atom. The normalized spacial score (nSPS) is 14.8. The average molecular weight is 247 g/mol. The summed E-state index contributed by atoms with van der Waals surface area (Å²) in [5.74, 6) is 1.34. The molecule has 0 spiro atoms. The summed E-state index contributed by atoms with van der Waals surface area (Å²) < 4.78 is 0. The Hall–Kier alpha value is -0.820. The highest BCUT2D eigenvalue weighted by Gasteiger charge is 2.22. The third-order valence-electron chi connectivity index (χ3n) is 3.96. The third-order valence-corrected chi connectivity index (χ3v) is 3.96. The van der Waals surface area contributed by atoms with Crippen molar-refractivity contribution < 1.29 is 0 Å². The van der Waals surface area contributed by atoms with Gasteiger partial charge in [-0.05, 0) is 49.8 Å². The number of hydrogen-bond acceptors (Lipinski definition) is 1. The Morgan fingerprint density at radius 1 is 1.11 bits per heavy atom. The van der Waals surface area contributed by atoms with Gasteiger partial charge in [-0.1, -0.05) is 51.5 Å². The minimum atomic E-state index is 0.477. The summed E-state index contributed by atoms with van der Waals surface area (Å²) in [6.07, 6.45) is 1.19. The van der Waals surface area contributed by atoms with Gasteiger partial charge in [-0.25, -0.2) is 0 Å². The van der Waals surface area contributed by atoms with Crippen LogP contribution in [0.4, 0.5) is 0 Å². The fourth-order valence-electron chi connectivity index (χ4n) is 2.36. The summed E-state index contributed by atoms with van der Waals surface area (Å²) in [5.41, 5.74) is 4.24. The first-order valence-corrected chi connectivity index (χ1v) is 7.27. The molecule has 1 aromatic carbocycles. The van der Waals surface area contributed by atoms with Crippen LogP contribution in [0.25, 0.3) is 0 Å². The zero-order valence-corrected chi connectivity index (χ0v) is 12.9. The van der Waals surface area contributed by atoms with E-state index in [0.29, 0.717) is 17.9 Å². The molecule has 0 saturated carbocycles. The second kappa shape index (κ2) is 6.94. The van der Waals surface area contributed by atoms with E-state index < -0.39 is 0 Å². The molecule has 1 nitrogen and oxygen atoms in total. The molecule has 2 unspecified atom stereocenters. The van der Waals surface area contributed by atoms with Gasteiger partial charge in [0.15, 0.2) is 0 Å². The fraction of sp³-hybridized carbons (Fsp3) is 0.647. The molecule has 1 aromatic rings. The molecule has 0 radical (unpaired) electrons. The Bertz CT molecular complexity index is 368. The predicted molar refractivity (Wildman–Crippen MR) is 81.0 cm³/mol. The van der Waals surface area contributed by atoms with Crippen molar-refractivity contribution in [1.29, 1.82) is 0 Å². The summed E-state index contributed by atoms with van der Waals surface area (Å²) in [7, 11) is 0. The lowest BCUT2D eigenvalue weighted by Crippen LogP contribution is -2.30. The second-order valence-corrected chi connectivity index (χ2v) is 5.89. The molecule has 2 atom stereocenters. The van der Waals surface area contributed by atoms with Crippen molar-refractivity contribution in [3.05, 3.63) is 34.9 Å². The van der Waals surface area contributed by atoms with Crippen molar-refractivity contribution in [3.8, 4) is 0 Å². The molecule has 1 heteroatoms. The number of benzene rings is 1. The predicted octanol–water partition coefficient (Wildman–Crippen LogP) is 4.64. The first-order chi connectivity index (χ1) is 8.47. The lowest BCUT2D eigenvalue weighted by atomic mass is 9.84. The minimum Gasteiger partial charge on any atom is -0.310 e. The van der Waals surface area contributed by atoms with Gasteiger partial charge in [-0.15, -0.1) is 0 Å². The van der Waals surface area contributed by atoms with E-state index in [-0.39, 0.29) is 0 Å². The summed E-state index contributed by atoms with van der Waals surface area (Å²) in [6.45, 7) is 14.7. The lowest BCUT2D eigenvalue weighted by molar-refractivity contribution is 0.303. The van der Waals surface area contributed by atoms with E-state index in [9.17, 15) is 0 Å². The third kappa shape index (κ3) is 3.84. The summed E-state index contributed by atoms with van der Waals surface area (Å²) in [6, 6.07) is 7.28. The topological polar surface area (TPSA) is 12.0 Å². The highest BCUT2D eigenvalue weighted by Crippen LogP contribution is 2.30. The van der Waals surface area contributed by atoms with Crippen LogP contribution in [0.2, 0.25) is 0 Å². The number of rotatable bonds is 6. The number of nitrogens with one attached hydrogen (secondary N) is 1. The van der Waals surface area contributed by atoms with Crippen molar-refractivity contribution in [1.82, 2.24) is 5.32 Å². The van der Waals surface area contributed by atoms with Gasteiger partial charge in [0, 0.05) is 6.04 Å². The zero-order chi connectivity index (χ0) is 13.7. The van der Waals surface area contributed by atoms with Gasteiger partial charge in [0.05, 0.1) is 0 Å². The monoisotopic (exact) mass is 247 g/mol. The maximum atomic E-state index is 3.73. The minimum absolute atomic E-state index is 0.477. The van der Waals surface area contributed by atoms with Gasteiger partial charge in [0.25, 0.3) is 0 Å². The standard InChI is InChI=1S/C17H29N/c1-7-10-18-17(15(6)12(2)3)16-11-13(4)8-9-14(16)5/h8-9,11-12,15,17-18H,7,10H2,1-6H3. The van der Waals surface area contributed by atoms with E-state index in [0.717, 1.165) is 6.54 Å². The van der Waals surface area contributed by atoms with Gasteiger partial charge in [-0.2, -0.15) is 0 Å². The van der Waals surface area contributed by atoms with Gasteiger partial charge in [0.1, 0.15) is 0 Å². The molecule has 0 amide bonds. The SMILES string of the molecule is CCCNC(c1cc(C)ccc1C)C(C)C(C)C. The van der Waals surface area contributed by atoms with Crippen LogP contribution < -0.4 is 5.32 Å². The molecule has 0 aliphatic carbocycles.